The molecule has 0 aliphatic carbocycles. The van der Waals surface area contributed by atoms with Gasteiger partial charge in [-0.1, -0.05) is 29.8 Å². The number of aryl methyl sites for hydroxylation is 1. The maximum atomic E-state index is 13.0. The van der Waals surface area contributed by atoms with Gasteiger partial charge in [0.2, 0.25) is 10.0 Å². The third-order valence-electron chi connectivity index (χ3n) is 5.49. The number of benzene rings is 2. The standard InChI is InChI=1S/C23H22N4O3S/c1-17-9-10-20-19(16-17)23(25-22(24-20)21-8-5-15-30-21)26-11-13-27(14-12-26)31(28,29)18-6-3-2-4-7-18/h2-10,15-16H,11-14H2,1H3. The number of aromatic nitrogens is 2. The number of fused-ring (bicyclic) bond motifs is 1. The van der Waals surface area contributed by atoms with Gasteiger partial charge in [0.25, 0.3) is 0 Å². The fraction of sp³-hybridized carbons (Fsp3) is 0.217. The lowest BCUT2D eigenvalue weighted by Gasteiger charge is -2.35. The Morgan fingerprint density at radius 1 is 0.903 bits per heavy atom. The van der Waals surface area contributed by atoms with E-state index in [4.69, 9.17) is 9.40 Å². The van der Waals surface area contributed by atoms with Crippen molar-refractivity contribution in [1.29, 1.82) is 0 Å². The molecule has 5 rings (SSSR count). The minimum atomic E-state index is -3.50. The number of anilines is 1. The maximum absolute atomic E-state index is 13.0. The molecule has 1 aliphatic heterocycles. The van der Waals surface area contributed by atoms with Crippen LogP contribution in [-0.2, 0) is 10.0 Å². The van der Waals surface area contributed by atoms with E-state index in [1.807, 2.05) is 37.3 Å². The van der Waals surface area contributed by atoms with Crippen molar-refractivity contribution in [3.8, 4) is 11.6 Å². The van der Waals surface area contributed by atoms with Crippen LogP contribution in [0.25, 0.3) is 22.5 Å². The molecular formula is C23H22N4O3S. The van der Waals surface area contributed by atoms with E-state index >= 15 is 0 Å². The van der Waals surface area contributed by atoms with Gasteiger partial charge in [0.1, 0.15) is 5.82 Å². The summed E-state index contributed by atoms with van der Waals surface area (Å²) in [5.74, 6) is 1.93. The van der Waals surface area contributed by atoms with Crippen molar-refractivity contribution >= 4 is 26.7 Å². The second-order valence-corrected chi connectivity index (χ2v) is 9.51. The molecule has 1 fully saturated rings. The second-order valence-electron chi connectivity index (χ2n) is 7.57. The molecule has 31 heavy (non-hydrogen) atoms. The fourth-order valence-electron chi connectivity index (χ4n) is 3.86. The Morgan fingerprint density at radius 2 is 1.68 bits per heavy atom. The third-order valence-corrected chi connectivity index (χ3v) is 7.40. The van der Waals surface area contributed by atoms with Crippen molar-refractivity contribution in [2.75, 3.05) is 31.1 Å². The Hall–Kier alpha value is -3.23. The number of sulfonamides is 1. The van der Waals surface area contributed by atoms with Gasteiger partial charge in [-0.15, -0.1) is 0 Å². The van der Waals surface area contributed by atoms with Gasteiger partial charge < -0.3 is 9.32 Å². The van der Waals surface area contributed by atoms with Gasteiger partial charge in [-0.3, -0.25) is 0 Å². The molecule has 1 saturated heterocycles. The summed E-state index contributed by atoms with van der Waals surface area (Å²) < 4.78 is 33.0. The highest BCUT2D eigenvalue weighted by molar-refractivity contribution is 7.89. The minimum absolute atomic E-state index is 0.326. The van der Waals surface area contributed by atoms with Crippen LogP contribution in [0.4, 0.5) is 5.82 Å². The number of hydrogen-bond acceptors (Lipinski definition) is 6. The number of piperazine rings is 1. The Kier molecular flexibility index (Phi) is 4.95. The molecule has 0 N–H and O–H groups in total. The highest BCUT2D eigenvalue weighted by Gasteiger charge is 2.29. The van der Waals surface area contributed by atoms with Crippen LogP contribution in [0.2, 0.25) is 0 Å². The van der Waals surface area contributed by atoms with Crippen LogP contribution in [0.15, 0.2) is 76.2 Å². The van der Waals surface area contributed by atoms with Crippen molar-refractivity contribution in [2.45, 2.75) is 11.8 Å². The highest BCUT2D eigenvalue weighted by Crippen LogP contribution is 2.30. The highest BCUT2D eigenvalue weighted by atomic mass is 32.2. The molecular weight excluding hydrogens is 412 g/mol. The molecule has 1 aliphatic rings. The average Bonchev–Trinajstić information content (AvgIpc) is 3.34. The summed E-state index contributed by atoms with van der Waals surface area (Å²) >= 11 is 0. The van der Waals surface area contributed by atoms with Crippen molar-refractivity contribution in [3.63, 3.8) is 0 Å². The molecule has 3 heterocycles. The molecule has 8 heteroatoms. The molecule has 0 unspecified atom stereocenters. The average molecular weight is 435 g/mol. The van der Waals surface area contributed by atoms with Gasteiger partial charge in [-0.2, -0.15) is 4.31 Å². The third kappa shape index (κ3) is 3.68. The van der Waals surface area contributed by atoms with Crippen LogP contribution in [0.5, 0.6) is 0 Å². The van der Waals surface area contributed by atoms with Gasteiger partial charge in [-0.05, 0) is 43.3 Å². The first-order valence-electron chi connectivity index (χ1n) is 10.1. The Bertz CT molecular complexity index is 1310. The predicted octanol–water partition coefficient (Wildman–Crippen LogP) is 3.71. The lowest BCUT2D eigenvalue weighted by molar-refractivity contribution is 0.384. The zero-order chi connectivity index (χ0) is 21.4. The van der Waals surface area contributed by atoms with E-state index < -0.39 is 10.0 Å². The molecule has 0 radical (unpaired) electrons. The molecule has 7 nitrogen and oxygen atoms in total. The first-order valence-corrected chi connectivity index (χ1v) is 11.6. The minimum Gasteiger partial charge on any atom is -0.461 e. The summed E-state index contributed by atoms with van der Waals surface area (Å²) in [5, 5.41) is 0.953. The van der Waals surface area contributed by atoms with Crippen LogP contribution >= 0.6 is 0 Å². The quantitative estimate of drug-likeness (QED) is 0.487. The zero-order valence-electron chi connectivity index (χ0n) is 17.1. The molecule has 0 atom stereocenters. The van der Waals surface area contributed by atoms with E-state index in [-0.39, 0.29) is 0 Å². The number of nitrogens with zero attached hydrogens (tertiary/aromatic N) is 4. The second kappa shape index (κ2) is 7.79. The lowest BCUT2D eigenvalue weighted by Crippen LogP contribution is -2.49. The Labute approximate surface area is 181 Å². The Morgan fingerprint density at radius 3 is 2.39 bits per heavy atom. The topological polar surface area (TPSA) is 79.5 Å². The normalized spacial score (nSPS) is 15.5. The van der Waals surface area contributed by atoms with Crippen molar-refractivity contribution in [2.24, 2.45) is 0 Å². The van der Waals surface area contributed by atoms with E-state index in [1.165, 1.54) is 0 Å². The molecule has 4 aromatic rings. The first kappa shape index (κ1) is 19.7. The summed E-state index contributed by atoms with van der Waals surface area (Å²) in [5.41, 5.74) is 1.95. The van der Waals surface area contributed by atoms with Crippen molar-refractivity contribution < 1.29 is 12.8 Å². The summed E-state index contributed by atoms with van der Waals surface area (Å²) in [4.78, 5) is 11.9. The zero-order valence-corrected chi connectivity index (χ0v) is 17.9. The molecule has 2 aromatic carbocycles. The first-order chi connectivity index (χ1) is 15.0. The number of furan rings is 1. The van der Waals surface area contributed by atoms with Gasteiger partial charge in [0.05, 0.1) is 16.7 Å². The van der Waals surface area contributed by atoms with Crippen LogP contribution in [-0.4, -0.2) is 48.9 Å². The van der Waals surface area contributed by atoms with Crippen molar-refractivity contribution in [3.05, 3.63) is 72.5 Å². The monoisotopic (exact) mass is 434 g/mol. The van der Waals surface area contributed by atoms with E-state index in [2.05, 4.69) is 16.0 Å². The summed E-state index contributed by atoms with van der Waals surface area (Å²) in [7, 11) is -3.50. The molecule has 0 amide bonds. The molecule has 0 saturated carbocycles. The fourth-order valence-corrected chi connectivity index (χ4v) is 5.31. The van der Waals surface area contributed by atoms with Gasteiger partial charge in [0.15, 0.2) is 11.6 Å². The van der Waals surface area contributed by atoms with Crippen LogP contribution in [0.3, 0.4) is 0 Å². The van der Waals surface area contributed by atoms with E-state index in [1.54, 1.807) is 34.8 Å². The Balaban J connectivity index is 1.47. The molecule has 2 aromatic heterocycles. The largest absolute Gasteiger partial charge is 0.461 e. The molecule has 158 valence electrons. The predicted molar refractivity (Wildman–Crippen MR) is 119 cm³/mol. The molecule has 0 bridgehead atoms. The lowest BCUT2D eigenvalue weighted by atomic mass is 10.1. The van der Waals surface area contributed by atoms with E-state index in [0.717, 1.165) is 22.3 Å². The van der Waals surface area contributed by atoms with E-state index in [9.17, 15) is 8.42 Å². The van der Waals surface area contributed by atoms with Gasteiger partial charge >= 0.3 is 0 Å². The number of hydrogen-bond donors (Lipinski definition) is 0. The van der Waals surface area contributed by atoms with E-state index in [0.29, 0.717) is 42.7 Å². The van der Waals surface area contributed by atoms with Crippen LogP contribution in [0.1, 0.15) is 5.56 Å². The summed E-state index contributed by atoms with van der Waals surface area (Å²) in [6.07, 6.45) is 1.60. The van der Waals surface area contributed by atoms with Crippen molar-refractivity contribution in [1.82, 2.24) is 14.3 Å². The SMILES string of the molecule is Cc1ccc2nc(-c3ccco3)nc(N3CCN(S(=O)(=O)c4ccccc4)CC3)c2c1. The van der Waals surface area contributed by atoms with Crippen LogP contribution in [0, 0.1) is 6.92 Å². The van der Waals surface area contributed by atoms with Gasteiger partial charge in [-0.25, -0.2) is 18.4 Å². The van der Waals surface area contributed by atoms with Gasteiger partial charge in [0, 0.05) is 31.6 Å². The number of rotatable bonds is 4. The summed E-state index contributed by atoms with van der Waals surface area (Å²) in [6, 6.07) is 18.3. The summed E-state index contributed by atoms with van der Waals surface area (Å²) in [6.45, 7) is 3.91. The smallest absolute Gasteiger partial charge is 0.243 e. The maximum Gasteiger partial charge on any atom is 0.243 e. The molecule has 0 spiro atoms. The van der Waals surface area contributed by atoms with Crippen LogP contribution < -0.4 is 4.90 Å².